The van der Waals surface area contributed by atoms with Gasteiger partial charge in [-0.05, 0) is 50.9 Å². The topological polar surface area (TPSA) is 23.3 Å². The van der Waals surface area contributed by atoms with Crippen molar-refractivity contribution in [3.05, 3.63) is 88.2 Å². The number of aldehydes is 1. The quantitative estimate of drug-likeness (QED) is 0.431. The molecule has 152 valence electrons. The van der Waals surface area contributed by atoms with Crippen LogP contribution in [0.3, 0.4) is 0 Å². The molecule has 0 atom stereocenters. The molecule has 0 amide bonds. The van der Waals surface area contributed by atoms with Gasteiger partial charge in [0.25, 0.3) is 0 Å². The highest BCUT2D eigenvalue weighted by molar-refractivity contribution is 6.98. The summed E-state index contributed by atoms with van der Waals surface area (Å²) in [6.07, 6.45) is 7.77. The minimum atomic E-state index is -1.95. The van der Waals surface area contributed by atoms with Crippen molar-refractivity contribution in [2.24, 2.45) is 0 Å². The summed E-state index contributed by atoms with van der Waals surface area (Å²) in [7, 11) is 6.40. The predicted molar refractivity (Wildman–Crippen MR) is 130 cm³/mol. The molecule has 0 spiro atoms. The molecule has 2 aromatic rings. The van der Waals surface area contributed by atoms with E-state index in [1.807, 2.05) is 18.2 Å². The van der Waals surface area contributed by atoms with E-state index >= 15 is 0 Å². The molecule has 3 nitrogen and oxygen atoms in total. The highest BCUT2D eigenvalue weighted by atomic mass is 28.3. The first-order valence-corrected chi connectivity index (χ1v) is 13.3. The minimum absolute atomic E-state index is 0.735. The van der Waals surface area contributed by atoms with Crippen LogP contribution in [0.15, 0.2) is 71.5 Å². The first kappa shape index (κ1) is 20.3. The Morgan fingerprint density at radius 3 is 2.37 bits per heavy atom. The molecule has 0 radical (unpaired) electrons. The fourth-order valence-electron chi connectivity index (χ4n) is 4.50. The van der Waals surface area contributed by atoms with E-state index in [9.17, 15) is 4.79 Å². The Hall–Kier alpha value is -2.98. The number of carbonyl (C=O) groups is 1. The van der Waals surface area contributed by atoms with Crippen molar-refractivity contribution < 1.29 is 9.37 Å². The molecule has 2 aromatic carbocycles. The zero-order valence-corrected chi connectivity index (χ0v) is 19.7. The van der Waals surface area contributed by atoms with Gasteiger partial charge < -0.3 is 4.90 Å². The Kier molecular flexibility index (Phi) is 4.98. The molecule has 0 fully saturated rings. The standard InChI is InChI=1S/C26H29N2OSi/c1-27(2)19-11-13-22-24(15-19)30(5,6)25-16-20(28(3)4)12-14-23(25)26(22)21-10-8-7-9-18(21)17-29/h7-17H,1-6H3/q+1. The first-order chi connectivity index (χ1) is 14.3. The summed E-state index contributed by atoms with van der Waals surface area (Å²) in [5, 5.41) is 2.85. The van der Waals surface area contributed by atoms with E-state index in [2.05, 4.69) is 93.3 Å². The van der Waals surface area contributed by atoms with E-state index in [1.165, 1.54) is 38.5 Å². The van der Waals surface area contributed by atoms with Gasteiger partial charge in [0.1, 0.15) is 22.2 Å². The Morgan fingerprint density at radius 2 is 1.70 bits per heavy atom. The van der Waals surface area contributed by atoms with Crippen LogP contribution in [-0.2, 0) is 0 Å². The lowest BCUT2D eigenvalue weighted by atomic mass is 9.87. The number of hydrogen-bond donors (Lipinski definition) is 0. The van der Waals surface area contributed by atoms with Crippen molar-refractivity contribution in [3.63, 3.8) is 0 Å². The van der Waals surface area contributed by atoms with Gasteiger partial charge >= 0.3 is 0 Å². The van der Waals surface area contributed by atoms with E-state index in [-0.39, 0.29) is 0 Å². The van der Waals surface area contributed by atoms with Crippen LogP contribution in [-0.4, -0.2) is 52.8 Å². The second kappa shape index (κ2) is 7.37. The summed E-state index contributed by atoms with van der Waals surface area (Å²) in [6.45, 7) is 4.87. The third-order valence-corrected chi connectivity index (χ3v) is 9.80. The number of benzene rings is 2. The third-order valence-electron chi connectivity index (χ3n) is 6.28. The molecule has 1 heterocycles. The fourth-order valence-corrected chi connectivity index (χ4v) is 7.57. The van der Waals surface area contributed by atoms with E-state index in [0.29, 0.717) is 0 Å². The largest absolute Gasteiger partial charge is 0.378 e. The fraction of sp³-hybridized carbons (Fsp3) is 0.231. The zero-order valence-electron chi connectivity index (χ0n) is 18.7. The Bertz CT molecular complexity index is 1180. The second-order valence-corrected chi connectivity index (χ2v) is 13.3. The lowest BCUT2D eigenvalue weighted by molar-refractivity contribution is -0.462. The van der Waals surface area contributed by atoms with Gasteiger partial charge in [0.05, 0.1) is 0 Å². The van der Waals surface area contributed by atoms with Gasteiger partial charge in [-0.1, -0.05) is 43.4 Å². The number of carbonyl (C=O) groups excluding carboxylic acids is 1. The Labute approximate surface area is 180 Å². The summed E-state index contributed by atoms with van der Waals surface area (Å²) < 4.78 is 2.16. The Balaban J connectivity index is 2.13. The molecule has 1 aliphatic heterocycles. The van der Waals surface area contributed by atoms with Crippen molar-refractivity contribution in [1.29, 1.82) is 0 Å². The average molecular weight is 414 g/mol. The lowest BCUT2D eigenvalue weighted by Gasteiger charge is -2.38. The van der Waals surface area contributed by atoms with E-state index in [0.717, 1.165) is 17.4 Å². The molecule has 0 unspecified atom stereocenters. The summed E-state index contributed by atoms with van der Waals surface area (Å²) in [4.78, 5) is 14.1. The van der Waals surface area contributed by atoms with Crippen LogP contribution in [0.4, 0.5) is 5.69 Å². The number of hydrogen-bond acceptors (Lipinski definition) is 2. The summed E-state index contributed by atoms with van der Waals surface area (Å²) >= 11 is 0. The molecule has 0 saturated carbocycles. The highest BCUT2D eigenvalue weighted by Crippen LogP contribution is 2.42. The van der Waals surface area contributed by atoms with Gasteiger partial charge in [0.2, 0.25) is 0 Å². The molecule has 0 aromatic heterocycles. The maximum atomic E-state index is 11.9. The smallest absolute Gasteiger partial charge is 0.199 e. The van der Waals surface area contributed by atoms with Gasteiger partial charge in [0.15, 0.2) is 12.0 Å². The maximum Gasteiger partial charge on any atom is 0.199 e. The van der Waals surface area contributed by atoms with Crippen LogP contribution in [0.5, 0.6) is 0 Å². The summed E-state index contributed by atoms with van der Waals surface area (Å²) in [5.41, 5.74) is 7.86. The van der Waals surface area contributed by atoms with Gasteiger partial charge in [-0.15, -0.1) is 0 Å². The number of nitrogens with zero attached hydrogens (tertiary/aromatic N) is 2. The average Bonchev–Trinajstić information content (AvgIpc) is 2.73. The molecule has 4 heteroatoms. The Morgan fingerprint density at radius 1 is 0.967 bits per heavy atom. The number of anilines is 1. The molecular weight excluding hydrogens is 384 g/mol. The molecule has 1 aliphatic carbocycles. The molecular formula is C26H29N2OSi+. The molecule has 0 bridgehead atoms. The second-order valence-electron chi connectivity index (χ2n) is 8.95. The van der Waals surface area contributed by atoms with Crippen molar-refractivity contribution in [3.8, 4) is 0 Å². The normalized spacial score (nSPS) is 16.6. The first-order valence-electron chi connectivity index (χ1n) is 10.3. The minimum Gasteiger partial charge on any atom is -0.378 e. The number of rotatable bonds is 3. The van der Waals surface area contributed by atoms with Crippen molar-refractivity contribution in [2.75, 3.05) is 33.1 Å². The van der Waals surface area contributed by atoms with Crippen LogP contribution >= 0.6 is 0 Å². The van der Waals surface area contributed by atoms with Crippen LogP contribution in [0.25, 0.3) is 5.57 Å². The van der Waals surface area contributed by atoms with Gasteiger partial charge in [-0.25, -0.2) is 4.58 Å². The van der Waals surface area contributed by atoms with E-state index < -0.39 is 8.07 Å². The van der Waals surface area contributed by atoms with E-state index in [4.69, 9.17) is 0 Å². The van der Waals surface area contributed by atoms with Crippen molar-refractivity contribution in [1.82, 2.24) is 0 Å². The van der Waals surface area contributed by atoms with Gasteiger partial charge in [-0.3, -0.25) is 4.79 Å². The molecule has 0 saturated heterocycles. The highest BCUT2D eigenvalue weighted by Gasteiger charge is 2.40. The zero-order chi connectivity index (χ0) is 21.6. The van der Waals surface area contributed by atoms with Crippen LogP contribution in [0, 0.1) is 0 Å². The maximum absolute atomic E-state index is 11.9. The molecule has 4 rings (SSSR count). The van der Waals surface area contributed by atoms with Crippen LogP contribution in [0.1, 0.15) is 21.5 Å². The lowest BCUT2D eigenvalue weighted by Crippen LogP contribution is -2.49. The number of fused-ring (bicyclic) bond motifs is 2. The molecule has 0 N–H and O–H groups in total. The summed E-state index contributed by atoms with van der Waals surface area (Å²) in [6, 6.07) is 14.7. The monoisotopic (exact) mass is 413 g/mol. The van der Waals surface area contributed by atoms with E-state index in [1.54, 1.807) is 0 Å². The molecule has 2 aliphatic rings. The molecule has 30 heavy (non-hydrogen) atoms. The van der Waals surface area contributed by atoms with Crippen LogP contribution in [0.2, 0.25) is 13.1 Å². The SMILES string of the molecule is CN(C)c1ccc2c(c1)[Si](C)(C)C1=CC(=[N+](C)C)C=CC1=C2c1ccccc1C=O. The third kappa shape index (κ3) is 3.12. The van der Waals surface area contributed by atoms with Gasteiger partial charge in [-0.2, -0.15) is 0 Å². The van der Waals surface area contributed by atoms with Crippen molar-refractivity contribution in [2.45, 2.75) is 13.1 Å². The predicted octanol–water partition coefficient (Wildman–Crippen LogP) is 4.04. The van der Waals surface area contributed by atoms with Crippen molar-refractivity contribution >= 4 is 36.5 Å². The van der Waals surface area contributed by atoms with Gasteiger partial charge in [0, 0.05) is 37.5 Å². The number of allylic oxidation sites excluding steroid dienone is 5. The van der Waals surface area contributed by atoms with Crippen LogP contribution < -0.4 is 10.1 Å². The summed E-state index contributed by atoms with van der Waals surface area (Å²) in [5.74, 6) is 0.